The van der Waals surface area contributed by atoms with E-state index in [0.29, 0.717) is 13.2 Å². The monoisotopic (exact) mass is 212 g/mol. The van der Waals surface area contributed by atoms with Crippen molar-refractivity contribution < 1.29 is 14.1 Å². The van der Waals surface area contributed by atoms with Crippen molar-refractivity contribution in [3.05, 3.63) is 0 Å². The van der Waals surface area contributed by atoms with Crippen LogP contribution in [0.1, 0.15) is 0 Å². The van der Waals surface area contributed by atoms with Crippen LogP contribution in [0.2, 0.25) is 0 Å². The van der Waals surface area contributed by atoms with Crippen LogP contribution in [-0.4, -0.2) is 23.9 Å². The lowest BCUT2D eigenvalue weighted by atomic mass is 10.7. The lowest BCUT2D eigenvalue weighted by Crippen LogP contribution is -2.12. The Kier molecular flexibility index (Phi) is 2.03. The van der Waals surface area contributed by atoms with Crippen LogP contribution in [0, 0.1) is 0 Å². The van der Waals surface area contributed by atoms with Crippen molar-refractivity contribution in [2.75, 3.05) is 13.2 Å². The number of halogens is 1. The molecular formula is C3H4BrNO3P+. The number of rotatable bonds is 1. The van der Waals surface area contributed by atoms with Crippen molar-refractivity contribution in [1.29, 1.82) is 0 Å². The molecule has 0 aliphatic carbocycles. The van der Waals surface area contributed by atoms with Gasteiger partial charge in [0.15, 0.2) is 0 Å². The molecule has 1 amide bonds. The van der Waals surface area contributed by atoms with E-state index in [0.717, 1.165) is 4.67 Å². The van der Waals surface area contributed by atoms with Crippen molar-refractivity contribution in [3.63, 3.8) is 0 Å². The Morgan fingerprint density at radius 2 is 2.44 bits per heavy atom. The minimum absolute atomic E-state index is 0.339. The standard InChI is InChI=1S/C3H4BrNO3P/c4-9(7)5-1-2-8-3(5)6/h1-2H2/q+1. The highest BCUT2D eigenvalue weighted by atomic mass is 79.9. The molecule has 1 fully saturated rings. The second-order valence-electron chi connectivity index (χ2n) is 1.46. The summed E-state index contributed by atoms with van der Waals surface area (Å²) in [6.45, 7) is -0.965. The lowest BCUT2D eigenvalue weighted by Gasteiger charge is -1.90. The molecule has 0 aromatic heterocycles. The second-order valence-corrected chi connectivity index (χ2v) is 4.22. The average molecular weight is 213 g/mol. The summed E-state index contributed by atoms with van der Waals surface area (Å²) in [4.78, 5) is 10.5. The molecule has 0 radical (unpaired) electrons. The fraction of sp³-hybridized carbons (Fsp3) is 0.667. The molecule has 0 spiro atoms. The number of carbonyl (C=O) groups excluding carboxylic acids is 1. The van der Waals surface area contributed by atoms with Gasteiger partial charge in [-0.15, -0.1) is 0 Å². The third kappa shape index (κ3) is 1.40. The van der Waals surface area contributed by atoms with Crippen LogP contribution in [0.3, 0.4) is 0 Å². The molecule has 1 atom stereocenters. The number of amides is 1. The summed E-state index contributed by atoms with van der Waals surface area (Å²) in [5.74, 6) is 0. The molecule has 6 heteroatoms. The van der Waals surface area contributed by atoms with E-state index in [1.54, 1.807) is 0 Å². The highest BCUT2D eigenvalue weighted by molar-refractivity contribution is 9.37. The first-order valence-electron chi connectivity index (χ1n) is 2.29. The molecule has 1 unspecified atom stereocenters. The Balaban J connectivity index is 2.60. The van der Waals surface area contributed by atoms with E-state index in [4.69, 9.17) is 0 Å². The molecule has 1 saturated heterocycles. The number of hydrogen-bond acceptors (Lipinski definition) is 3. The Morgan fingerprint density at radius 1 is 1.78 bits per heavy atom. The van der Waals surface area contributed by atoms with Crippen molar-refractivity contribution in [2.24, 2.45) is 0 Å². The fourth-order valence-corrected chi connectivity index (χ4v) is 1.82. The zero-order chi connectivity index (χ0) is 6.85. The molecule has 50 valence electrons. The quantitative estimate of drug-likeness (QED) is 0.619. The molecule has 4 nitrogen and oxygen atoms in total. The zero-order valence-corrected chi connectivity index (χ0v) is 6.89. The van der Waals surface area contributed by atoms with Crippen molar-refractivity contribution >= 4 is 28.2 Å². The first-order valence-corrected chi connectivity index (χ1v) is 5.52. The molecule has 1 heterocycles. The van der Waals surface area contributed by atoms with Gasteiger partial charge in [0.2, 0.25) is 0 Å². The van der Waals surface area contributed by atoms with Gasteiger partial charge in [-0.3, -0.25) is 0 Å². The molecule has 0 N–H and O–H groups in total. The lowest BCUT2D eigenvalue weighted by molar-refractivity contribution is 0.170. The highest BCUT2D eigenvalue weighted by Gasteiger charge is 2.36. The third-order valence-electron chi connectivity index (χ3n) is 0.929. The summed E-state index contributed by atoms with van der Waals surface area (Å²) in [5, 5.41) is 0. The van der Waals surface area contributed by atoms with Gasteiger partial charge < -0.3 is 4.74 Å². The van der Waals surface area contributed by atoms with Gasteiger partial charge in [-0.05, 0) is 4.57 Å². The molecule has 1 rings (SSSR count). The number of ether oxygens (including phenoxy) is 1. The van der Waals surface area contributed by atoms with Gasteiger partial charge in [-0.2, -0.15) is 0 Å². The van der Waals surface area contributed by atoms with Gasteiger partial charge in [-0.25, -0.2) is 4.79 Å². The zero-order valence-electron chi connectivity index (χ0n) is 4.41. The molecule has 1 aliphatic rings. The van der Waals surface area contributed by atoms with Crippen molar-refractivity contribution in [2.45, 2.75) is 0 Å². The van der Waals surface area contributed by atoms with Crippen molar-refractivity contribution in [1.82, 2.24) is 4.67 Å². The van der Waals surface area contributed by atoms with Crippen LogP contribution in [0.15, 0.2) is 0 Å². The van der Waals surface area contributed by atoms with Crippen LogP contribution in [0.4, 0.5) is 4.79 Å². The van der Waals surface area contributed by atoms with E-state index in [2.05, 4.69) is 20.2 Å². The summed E-state index contributed by atoms with van der Waals surface area (Å²) >= 11 is 2.78. The Labute approximate surface area is 60.7 Å². The van der Waals surface area contributed by atoms with Crippen LogP contribution in [0.5, 0.6) is 0 Å². The van der Waals surface area contributed by atoms with Gasteiger partial charge in [0, 0.05) is 0 Å². The predicted molar refractivity (Wildman–Crippen MR) is 34.6 cm³/mol. The summed E-state index contributed by atoms with van der Waals surface area (Å²) in [5.41, 5.74) is 0. The van der Waals surface area contributed by atoms with Crippen LogP contribution >= 0.6 is 22.1 Å². The van der Waals surface area contributed by atoms with E-state index >= 15 is 0 Å². The first-order chi connectivity index (χ1) is 4.22. The van der Waals surface area contributed by atoms with Gasteiger partial charge in [0.25, 0.3) is 15.5 Å². The molecule has 0 bridgehead atoms. The SMILES string of the molecule is O=C1OCCN1[P+](=O)Br. The summed E-state index contributed by atoms with van der Waals surface area (Å²) in [7, 11) is 0. The summed E-state index contributed by atoms with van der Waals surface area (Å²) < 4.78 is 16.2. The summed E-state index contributed by atoms with van der Waals surface area (Å²) in [6, 6.07) is 0. The van der Waals surface area contributed by atoms with Crippen molar-refractivity contribution in [3.8, 4) is 0 Å². The largest absolute Gasteiger partial charge is 0.548 e. The maximum absolute atomic E-state index is 10.5. The van der Waals surface area contributed by atoms with Crippen LogP contribution in [-0.2, 0) is 9.30 Å². The number of hydrogen-bond donors (Lipinski definition) is 0. The number of carbonyl (C=O) groups is 1. The Bertz CT molecular complexity index is 161. The second kappa shape index (κ2) is 2.62. The van der Waals surface area contributed by atoms with Crippen LogP contribution in [0.25, 0.3) is 0 Å². The molecule has 0 aromatic carbocycles. The van der Waals surface area contributed by atoms with E-state index in [9.17, 15) is 9.36 Å². The van der Waals surface area contributed by atoms with E-state index in [-0.39, 0.29) is 0 Å². The van der Waals surface area contributed by atoms with Gasteiger partial charge in [0.1, 0.15) is 13.2 Å². The van der Waals surface area contributed by atoms with E-state index in [1.165, 1.54) is 0 Å². The molecule has 0 saturated carbocycles. The van der Waals surface area contributed by atoms with Gasteiger partial charge in [-0.1, -0.05) is 4.67 Å². The molecule has 1 aliphatic heterocycles. The van der Waals surface area contributed by atoms with E-state index < -0.39 is 12.7 Å². The maximum Gasteiger partial charge on any atom is 0.548 e. The fourth-order valence-electron chi connectivity index (χ4n) is 0.528. The molecule has 9 heavy (non-hydrogen) atoms. The summed E-state index contributed by atoms with van der Waals surface area (Å²) in [6.07, 6.45) is -0.506. The normalized spacial score (nSPS) is 19.9. The topological polar surface area (TPSA) is 46.6 Å². The maximum atomic E-state index is 10.5. The van der Waals surface area contributed by atoms with Crippen LogP contribution < -0.4 is 0 Å². The molecular weight excluding hydrogens is 209 g/mol. The minimum atomic E-state index is -1.72. The average Bonchev–Trinajstić information content (AvgIpc) is 2.13. The van der Waals surface area contributed by atoms with Gasteiger partial charge in [0.05, 0.1) is 0 Å². The predicted octanol–water partition coefficient (Wildman–Crippen LogP) is 1.49. The minimum Gasteiger partial charge on any atom is -0.445 e. The van der Waals surface area contributed by atoms with E-state index in [1.807, 2.05) is 0 Å². The highest BCUT2D eigenvalue weighted by Crippen LogP contribution is 2.36. The van der Waals surface area contributed by atoms with Gasteiger partial charge >= 0.3 is 12.7 Å². The molecule has 0 aromatic rings. The Hall–Kier alpha value is -0.150. The first kappa shape index (κ1) is 6.96. The smallest absolute Gasteiger partial charge is 0.445 e. The number of cyclic esters (lactones) is 1. The number of nitrogens with zero attached hydrogens (tertiary/aromatic N) is 1. The third-order valence-corrected chi connectivity index (χ3v) is 2.82. The Morgan fingerprint density at radius 3 is 2.67 bits per heavy atom.